The first-order valence-electron chi connectivity index (χ1n) is 7.23. The highest BCUT2D eigenvalue weighted by molar-refractivity contribution is 5.94. The Kier molecular flexibility index (Phi) is 5.52. The second-order valence-electron chi connectivity index (χ2n) is 5.37. The maximum Gasteiger partial charge on any atom is 0.251 e. The van der Waals surface area contributed by atoms with Crippen LogP contribution >= 0.6 is 0 Å². The smallest absolute Gasteiger partial charge is 0.251 e. The predicted molar refractivity (Wildman–Crippen MR) is 76.7 cm³/mol. The average Bonchev–Trinajstić information content (AvgIpc) is 2.46. The van der Waals surface area contributed by atoms with Crippen LogP contribution in [0.15, 0.2) is 18.2 Å². The maximum atomic E-state index is 12.9. The van der Waals surface area contributed by atoms with E-state index in [1.807, 2.05) is 0 Å². The van der Waals surface area contributed by atoms with Crippen molar-refractivity contribution in [1.82, 2.24) is 10.2 Å². The van der Waals surface area contributed by atoms with E-state index in [9.17, 15) is 19.4 Å². The molecular formula is C15H21FN2O3. The normalized spacial score (nSPS) is 19.4. The number of phenols is 1. The summed E-state index contributed by atoms with van der Waals surface area (Å²) in [6.07, 6.45) is 2.41. The van der Waals surface area contributed by atoms with Crippen LogP contribution in [-0.2, 0) is 0 Å². The number of aliphatic hydroxyl groups is 1. The first-order valence-corrected chi connectivity index (χ1v) is 7.23. The van der Waals surface area contributed by atoms with Crippen LogP contribution < -0.4 is 5.32 Å². The molecule has 1 aliphatic heterocycles. The number of β-amino-alcohol motifs (C(OH)–C–C–N with tert-alkyl or cyclic N) is 1. The van der Waals surface area contributed by atoms with Crippen molar-refractivity contribution in [2.24, 2.45) is 0 Å². The molecule has 0 radical (unpaired) electrons. The molecule has 5 nitrogen and oxygen atoms in total. The molecule has 1 heterocycles. The molecule has 0 aliphatic carbocycles. The Hall–Kier alpha value is -1.66. The minimum Gasteiger partial charge on any atom is -0.505 e. The second-order valence-corrected chi connectivity index (χ2v) is 5.37. The number of benzene rings is 1. The van der Waals surface area contributed by atoms with E-state index in [4.69, 9.17) is 0 Å². The fourth-order valence-electron chi connectivity index (χ4n) is 2.49. The van der Waals surface area contributed by atoms with E-state index in [1.165, 1.54) is 6.07 Å². The molecule has 1 aliphatic rings. The van der Waals surface area contributed by atoms with E-state index in [0.717, 1.165) is 44.5 Å². The second kappa shape index (κ2) is 7.38. The number of hydrogen-bond donors (Lipinski definition) is 3. The van der Waals surface area contributed by atoms with Crippen LogP contribution in [0.4, 0.5) is 4.39 Å². The summed E-state index contributed by atoms with van der Waals surface area (Å²) < 4.78 is 12.9. The van der Waals surface area contributed by atoms with Gasteiger partial charge in [-0.05, 0) is 50.6 Å². The third-order valence-electron chi connectivity index (χ3n) is 3.63. The Bertz CT molecular complexity index is 496. The van der Waals surface area contributed by atoms with Gasteiger partial charge in [0.25, 0.3) is 5.91 Å². The molecule has 0 spiro atoms. The Morgan fingerprint density at radius 3 is 3.00 bits per heavy atom. The molecule has 116 valence electrons. The van der Waals surface area contributed by atoms with E-state index < -0.39 is 11.6 Å². The van der Waals surface area contributed by atoms with Gasteiger partial charge in [-0.3, -0.25) is 4.79 Å². The highest BCUT2D eigenvalue weighted by Gasteiger charge is 2.16. The van der Waals surface area contributed by atoms with Crippen LogP contribution in [-0.4, -0.2) is 53.3 Å². The molecule has 3 N–H and O–H groups in total. The van der Waals surface area contributed by atoms with E-state index in [0.29, 0.717) is 13.1 Å². The number of piperidine rings is 1. The summed E-state index contributed by atoms with van der Waals surface area (Å²) in [5.74, 6) is -1.59. The third kappa shape index (κ3) is 4.68. The zero-order chi connectivity index (χ0) is 15.2. The minimum absolute atomic E-state index is 0.238. The molecule has 21 heavy (non-hydrogen) atoms. The summed E-state index contributed by atoms with van der Waals surface area (Å²) in [5, 5.41) is 21.5. The number of rotatable bonds is 5. The maximum absolute atomic E-state index is 12.9. The largest absolute Gasteiger partial charge is 0.505 e. The van der Waals surface area contributed by atoms with Crippen LogP contribution in [0.2, 0.25) is 0 Å². The summed E-state index contributed by atoms with van der Waals surface area (Å²) in [5.41, 5.74) is 0.238. The van der Waals surface area contributed by atoms with Crippen LogP contribution in [0.1, 0.15) is 29.6 Å². The van der Waals surface area contributed by atoms with E-state index >= 15 is 0 Å². The van der Waals surface area contributed by atoms with Crippen molar-refractivity contribution in [3.8, 4) is 5.75 Å². The van der Waals surface area contributed by atoms with Crippen LogP contribution in [0.5, 0.6) is 5.75 Å². The summed E-state index contributed by atoms with van der Waals surface area (Å²) >= 11 is 0. The quantitative estimate of drug-likeness (QED) is 0.712. The molecule has 2 rings (SSSR count). The molecule has 1 amide bonds. The average molecular weight is 296 g/mol. The number of likely N-dealkylation sites (tertiary alicyclic amines) is 1. The number of carbonyl (C=O) groups is 1. The molecule has 0 saturated carbocycles. The van der Waals surface area contributed by atoms with Crippen molar-refractivity contribution >= 4 is 5.91 Å². The number of nitrogens with one attached hydrogen (secondary N) is 1. The molecular weight excluding hydrogens is 275 g/mol. The number of phenolic OH excluding ortho intramolecular Hbond substituents is 1. The topological polar surface area (TPSA) is 72.8 Å². The summed E-state index contributed by atoms with van der Waals surface area (Å²) in [7, 11) is 0. The Labute approximate surface area is 123 Å². The van der Waals surface area contributed by atoms with Crippen molar-refractivity contribution < 1.29 is 19.4 Å². The van der Waals surface area contributed by atoms with Crippen molar-refractivity contribution in [3.63, 3.8) is 0 Å². The van der Waals surface area contributed by atoms with E-state index in [-0.39, 0.29) is 17.6 Å². The fraction of sp³-hybridized carbons (Fsp3) is 0.533. The van der Waals surface area contributed by atoms with Gasteiger partial charge >= 0.3 is 0 Å². The molecule has 0 bridgehead atoms. The fourth-order valence-corrected chi connectivity index (χ4v) is 2.49. The molecule has 6 heteroatoms. The highest BCUT2D eigenvalue weighted by Crippen LogP contribution is 2.16. The lowest BCUT2D eigenvalue weighted by Gasteiger charge is -2.29. The summed E-state index contributed by atoms with van der Waals surface area (Å²) in [4.78, 5) is 14.0. The Morgan fingerprint density at radius 1 is 1.48 bits per heavy atom. The van der Waals surface area contributed by atoms with Crippen molar-refractivity contribution in [2.75, 3.05) is 26.2 Å². The Morgan fingerprint density at radius 2 is 2.29 bits per heavy atom. The number of aliphatic hydroxyl groups excluding tert-OH is 1. The van der Waals surface area contributed by atoms with E-state index in [2.05, 4.69) is 10.2 Å². The van der Waals surface area contributed by atoms with Gasteiger partial charge in [-0.2, -0.15) is 0 Å². The lowest BCUT2D eigenvalue weighted by molar-refractivity contribution is 0.0697. The number of nitrogens with zero attached hydrogens (tertiary/aromatic N) is 1. The summed E-state index contributed by atoms with van der Waals surface area (Å²) in [6.45, 7) is 3.01. The predicted octanol–water partition coefficient (Wildman–Crippen LogP) is 1.11. The van der Waals surface area contributed by atoms with Gasteiger partial charge in [0.15, 0.2) is 11.6 Å². The van der Waals surface area contributed by atoms with Gasteiger partial charge < -0.3 is 20.4 Å². The van der Waals surface area contributed by atoms with Crippen LogP contribution in [0, 0.1) is 5.82 Å². The first-order chi connectivity index (χ1) is 10.1. The number of hydrogen-bond acceptors (Lipinski definition) is 4. The molecule has 1 aromatic rings. The van der Waals surface area contributed by atoms with Gasteiger partial charge in [0, 0.05) is 18.7 Å². The molecule has 1 aromatic carbocycles. The Balaban J connectivity index is 1.70. The van der Waals surface area contributed by atoms with Crippen LogP contribution in [0.3, 0.4) is 0 Å². The molecule has 1 atom stereocenters. The third-order valence-corrected chi connectivity index (χ3v) is 3.63. The van der Waals surface area contributed by atoms with Crippen molar-refractivity contribution in [3.05, 3.63) is 29.6 Å². The minimum atomic E-state index is -0.741. The van der Waals surface area contributed by atoms with Gasteiger partial charge in [-0.1, -0.05) is 0 Å². The van der Waals surface area contributed by atoms with E-state index in [1.54, 1.807) is 0 Å². The van der Waals surface area contributed by atoms with Crippen molar-refractivity contribution in [2.45, 2.75) is 25.4 Å². The summed E-state index contributed by atoms with van der Waals surface area (Å²) in [6, 6.07) is 3.52. The van der Waals surface area contributed by atoms with Gasteiger partial charge in [-0.15, -0.1) is 0 Å². The molecule has 1 fully saturated rings. The van der Waals surface area contributed by atoms with Gasteiger partial charge in [-0.25, -0.2) is 4.39 Å². The zero-order valence-electron chi connectivity index (χ0n) is 11.9. The number of halogens is 1. The standard InChI is InChI=1S/C15H21FN2O3/c16-13-5-4-11(9-14(13)20)15(21)17-6-2-8-18-7-1-3-12(19)10-18/h4-5,9,12,19-20H,1-3,6-8,10H2,(H,17,21). The monoisotopic (exact) mass is 296 g/mol. The number of amides is 1. The molecule has 1 saturated heterocycles. The van der Waals surface area contributed by atoms with Gasteiger partial charge in [0.1, 0.15) is 0 Å². The lowest BCUT2D eigenvalue weighted by atomic mass is 10.1. The lowest BCUT2D eigenvalue weighted by Crippen LogP contribution is -2.39. The van der Waals surface area contributed by atoms with Crippen LogP contribution in [0.25, 0.3) is 0 Å². The number of aromatic hydroxyl groups is 1. The highest BCUT2D eigenvalue weighted by atomic mass is 19.1. The zero-order valence-corrected chi connectivity index (χ0v) is 11.9. The SMILES string of the molecule is O=C(NCCCN1CCCC(O)C1)c1ccc(F)c(O)c1. The number of carbonyl (C=O) groups excluding carboxylic acids is 1. The van der Waals surface area contributed by atoms with Gasteiger partial charge in [0.2, 0.25) is 0 Å². The van der Waals surface area contributed by atoms with Crippen molar-refractivity contribution in [1.29, 1.82) is 0 Å². The molecule has 1 unspecified atom stereocenters. The molecule has 0 aromatic heterocycles. The van der Waals surface area contributed by atoms with Gasteiger partial charge in [0.05, 0.1) is 6.10 Å². The first kappa shape index (κ1) is 15.7.